The molecule has 1 aliphatic heterocycles. The molecule has 1 aliphatic rings. The second-order valence-electron chi connectivity index (χ2n) is 7.64. The van der Waals surface area contributed by atoms with Crippen molar-refractivity contribution in [2.24, 2.45) is 5.92 Å². The standard InChI is InChI=1S/C21H26FN5O2/c1-13(2)18(26-19(28)15-7-3-4-8-16(15)22)20(29)27-11-5-6-14(12-27)17-9-10-24-21(23)25-17/h3-4,7-10,13-14,18H,5-6,11-12H2,1-2H3,(H,26,28)(H2,23,24,25)/t14-,18+/m0/s1. The lowest BCUT2D eigenvalue weighted by molar-refractivity contribution is -0.135. The summed E-state index contributed by atoms with van der Waals surface area (Å²) in [6, 6.07) is 6.82. The first kappa shape index (κ1) is 20.7. The lowest BCUT2D eigenvalue weighted by Gasteiger charge is -2.36. The van der Waals surface area contributed by atoms with E-state index in [1.54, 1.807) is 17.2 Å². The van der Waals surface area contributed by atoms with Crippen molar-refractivity contribution < 1.29 is 14.0 Å². The number of carbonyl (C=O) groups excluding carboxylic acids is 2. The minimum Gasteiger partial charge on any atom is -0.368 e. The van der Waals surface area contributed by atoms with Crippen molar-refractivity contribution in [3.8, 4) is 0 Å². The minimum absolute atomic E-state index is 0.0630. The number of rotatable bonds is 5. The molecule has 29 heavy (non-hydrogen) atoms. The number of amides is 2. The molecule has 0 aliphatic carbocycles. The van der Waals surface area contributed by atoms with Crippen molar-refractivity contribution >= 4 is 17.8 Å². The van der Waals surface area contributed by atoms with Gasteiger partial charge in [0, 0.05) is 25.2 Å². The Balaban J connectivity index is 1.73. The smallest absolute Gasteiger partial charge is 0.254 e. The molecule has 1 aromatic carbocycles. The third-order valence-electron chi connectivity index (χ3n) is 5.18. The first-order valence-corrected chi connectivity index (χ1v) is 9.79. The minimum atomic E-state index is -0.740. The molecule has 2 aromatic rings. The van der Waals surface area contributed by atoms with Gasteiger partial charge in [-0.3, -0.25) is 9.59 Å². The number of hydrogen-bond acceptors (Lipinski definition) is 5. The number of benzene rings is 1. The molecule has 1 fully saturated rings. The molecule has 2 amide bonds. The number of likely N-dealkylation sites (tertiary alicyclic amines) is 1. The van der Waals surface area contributed by atoms with Crippen LogP contribution in [0.4, 0.5) is 10.3 Å². The molecule has 2 atom stereocenters. The fraction of sp³-hybridized carbons (Fsp3) is 0.429. The van der Waals surface area contributed by atoms with Gasteiger partial charge in [0.2, 0.25) is 11.9 Å². The number of halogens is 1. The maximum absolute atomic E-state index is 13.9. The third kappa shape index (κ3) is 4.88. The molecule has 8 heteroatoms. The largest absolute Gasteiger partial charge is 0.368 e. The number of nitrogens with zero attached hydrogens (tertiary/aromatic N) is 3. The Hall–Kier alpha value is -3.03. The van der Waals surface area contributed by atoms with Gasteiger partial charge in [0.15, 0.2) is 0 Å². The maximum Gasteiger partial charge on any atom is 0.254 e. The zero-order chi connectivity index (χ0) is 21.0. The van der Waals surface area contributed by atoms with E-state index in [2.05, 4.69) is 15.3 Å². The van der Waals surface area contributed by atoms with Crippen LogP contribution in [-0.2, 0) is 4.79 Å². The molecule has 0 saturated carbocycles. The Morgan fingerprint density at radius 1 is 1.28 bits per heavy atom. The number of aromatic nitrogens is 2. The molecule has 1 aromatic heterocycles. The van der Waals surface area contributed by atoms with Crippen LogP contribution >= 0.6 is 0 Å². The van der Waals surface area contributed by atoms with Crippen molar-refractivity contribution in [1.29, 1.82) is 0 Å². The van der Waals surface area contributed by atoms with Gasteiger partial charge in [-0.2, -0.15) is 0 Å². The van der Waals surface area contributed by atoms with Crippen molar-refractivity contribution in [2.45, 2.75) is 38.6 Å². The van der Waals surface area contributed by atoms with Gasteiger partial charge >= 0.3 is 0 Å². The Bertz CT molecular complexity index is 889. The fourth-order valence-corrected chi connectivity index (χ4v) is 3.61. The van der Waals surface area contributed by atoms with Gasteiger partial charge in [-0.15, -0.1) is 0 Å². The van der Waals surface area contributed by atoms with E-state index in [0.717, 1.165) is 18.5 Å². The van der Waals surface area contributed by atoms with Gasteiger partial charge < -0.3 is 16.0 Å². The highest BCUT2D eigenvalue weighted by Gasteiger charge is 2.33. The highest BCUT2D eigenvalue weighted by atomic mass is 19.1. The molecule has 2 heterocycles. The van der Waals surface area contributed by atoms with Gasteiger partial charge in [-0.05, 0) is 37.0 Å². The van der Waals surface area contributed by atoms with Crippen LogP contribution in [0, 0.1) is 11.7 Å². The van der Waals surface area contributed by atoms with E-state index in [4.69, 9.17) is 5.73 Å². The van der Waals surface area contributed by atoms with Crippen LogP contribution in [-0.4, -0.2) is 45.8 Å². The first-order chi connectivity index (χ1) is 13.9. The van der Waals surface area contributed by atoms with E-state index in [1.807, 2.05) is 19.9 Å². The van der Waals surface area contributed by atoms with Gasteiger partial charge in [-0.1, -0.05) is 26.0 Å². The Labute approximate surface area is 169 Å². The normalized spacial score (nSPS) is 17.8. The number of piperidine rings is 1. The summed E-state index contributed by atoms with van der Waals surface area (Å²) < 4.78 is 13.9. The van der Waals surface area contributed by atoms with Crippen LogP contribution < -0.4 is 11.1 Å². The number of anilines is 1. The van der Waals surface area contributed by atoms with Crippen molar-refractivity contribution in [3.05, 3.63) is 53.6 Å². The van der Waals surface area contributed by atoms with Crippen LogP contribution in [0.15, 0.2) is 36.5 Å². The predicted molar refractivity (Wildman–Crippen MR) is 107 cm³/mol. The number of hydrogen-bond donors (Lipinski definition) is 2. The average Bonchev–Trinajstić information content (AvgIpc) is 2.71. The van der Waals surface area contributed by atoms with E-state index >= 15 is 0 Å². The molecule has 0 spiro atoms. The molecular weight excluding hydrogens is 373 g/mol. The average molecular weight is 399 g/mol. The molecular formula is C21H26FN5O2. The molecule has 0 unspecified atom stereocenters. The molecule has 7 nitrogen and oxygen atoms in total. The summed E-state index contributed by atoms with van der Waals surface area (Å²) in [7, 11) is 0. The zero-order valence-corrected chi connectivity index (χ0v) is 16.6. The molecule has 0 bridgehead atoms. The van der Waals surface area contributed by atoms with Crippen molar-refractivity contribution in [3.63, 3.8) is 0 Å². The Morgan fingerprint density at radius 3 is 2.72 bits per heavy atom. The number of nitrogen functional groups attached to an aromatic ring is 1. The quantitative estimate of drug-likeness (QED) is 0.804. The monoisotopic (exact) mass is 399 g/mol. The highest BCUT2D eigenvalue weighted by Crippen LogP contribution is 2.26. The summed E-state index contributed by atoms with van der Waals surface area (Å²) in [6.45, 7) is 4.82. The topological polar surface area (TPSA) is 101 Å². The summed E-state index contributed by atoms with van der Waals surface area (Å²) in [5.74, 6) is -1.24. The second-order valence-corrected chi connectivity index (χ2v) is 7.64. The third-order valence-corrected chi connectivity index (χ3v) is 5.18. The van der Waals surface area contributed by atoms with E-state index < -0.39 is 17.8 Å². The fourth-order valence-electron chi connectivity index (χ4n) is 3.61. The van der Waals surface area contributed by atoms with Crippen LogP contribution in [0.1, 0.15) is 48.7 Å². The van der Waals surface area contributed by atoms with Crippen LogP contribution in [0.2, 0.25) is 0 Å². The molecule has 3 rings (SSSR count). The SMILES string of the molecule is CC(C)[C@@H](NC(=O)c1ccccc1F)C(=O)N1CCC[C@H](c2ccnc(N)n2)C1. The molecule has 0 radical (unpaired) electrons. The Morgan fingerprint density at radius 2 is 2.03 bits per heavy atom. The second kappa shape index (κ2) is 8.98. The van der Waals surface area contributed by atoms with E-state index in [9.17, 15) is 14.0 Å². The van der Waals surface area contributed by atoms with Gasteiger partial charge in [-0.25, -0.2) is 14.4 Å². The van der Waals surface area contributed by atoms with Crippen molar-refractivity contribution in [2.75, 3.05) is 18.8 Å². The van der Waals surface area contributed by atoms with Crippen LogP contribution in [0.5, 0.6) is 0 Å². The lowest BCUT2D eigenvalue weighted by atomic mass is 9.93. The van der Waals surface area contributed by atoms with E-state index in [0.29, 0.717) is 13.1 Å². The van der Waals surface area contributed by atoms with Gasteiger partial charge in [0.05, 0.1) is 11.3 Å². The zero-order valence-electron chi connectivity index (χ0n) is 16.6. The molecule has 3 N–H and O–H groups in total. The summed E-state index contributed by atoms with van der Waals surface area (Å²) >= 11 is 0. The van der Waals surface area contributed by atoms with Crippen molar-refractivity contribution in [1.82, 2.24) is 20.2 Å². The molecule has 154 valence electrons. The van der Waals surface area contributed by atoms with Gasteiger partial charge in [0.25, 0.3) is 5.91 Å². The van der Waals surface area contributed by atoms with Gasteiger partial charge in [0.1, 0.15) is 11.9 Å². The highest BCUT2D eigenvalue weighted by molar-refractivity contribution is 5.97. The van der Waals surface area contributed by atoms with E-state index in [1.165, 1.54) is 18.2 Å². The summed E-state index contributed by atoms with van der Waals surface area (Å²) in [5, 5.41) is 2.72. The first-order valence-electron chi connectivity index (χ1n) is 9.79. The number of carbonyl (C=O) groups is 2. The Kier molecular flexibility index (Phi) is 6.41. The predicted octanol–water partition coefficient (Wildman–Crippen LogP) is 2.36. The summed E-state index contributed by atoms with van der Waals surface area (Å²) in [5.41, 5.74) is 6.43. The maximum atomic E-state index is 13.9. The summed E-state index contributed by atoms with van der Waals surface area (Å²) in [4.78, 5) is 35.7. The number of nitrogens with two attached hydrogens (primary N) is 1. The summed E-state index contributed by atoms with van der Waals surface area (Å²) in [6.07, 6.45) is 3.34. The van der Waals surface area contributed by atoms with E-state index in [-0.39, 0.29) is 29.3 Å². The van der Waals surface area contributed by atoms with Crippen LogP contribution in [0.25, 0.3) is 0 Å². The van der Waals surface area contributed by atoms with Crippen LogP contribution in [0.3, 0.4) is 0 Å². The lowest BCUT2D eigenvalue weighted by Crippen LogP contribution is -2.53. The molecule has 1 saturated heterocycles. The number of nitrogens with one attached hydrogen (secondary N) is 1.